The molecule has 124 valence electrons. The molecule has 1 aliphatic rings. The highest BCUT2D eigenvalue weighted by atomic mass is 16.6. The minimum absolute atomic E-state index is 0.273. The zero-order valence-electron chi connectivity index (χ0n) is 13.1. The third-order valence-electron chi connectivity index (χ3n) is 4.48. The highest BCUT2D eigenvalue weighted by Crippen LogP contribution is 2.33. The van der Waals surface area contributed by atoms with Crippen LogP contribution in [-0.2, 0) is 0 Å². The number of nitrogens with zero attached hydrogens (tertiary/aromatic N) is 3. The molecule has 4 rings (SSSR count). The number of furan rings is 1. The van der Waals surface area contributed by atoms with Crippen LogP contribution in [0, 0.1) is 10.1 Å². The lowest BCUT2D eigenvalue weighted by molar-refractivity contribution is -0.401. The highest BCUT2D eigenvalue weighted by Gasteiger charge is 2.23. The van der Waals surface area contributed by atoms with Gasteiger partial charge in [-0.05, 0) is 31.0 Å². The molecule has 1 N–H and O–H groups in total. The maximum Gasteiger partial charge on any atom is 0.433 e. The van der Waals surface area contributed by atoms with Crippen molar-refractivity contribution in [2.45, 2.75) is 38.1 Å². The van der Waals surface area contributed by atoms with E-state index in [9.17, 15) is 10.1 Å². The summed E-state index contributed by atoms with van der Waals surface area (Å²) in [6, 6.07) is 9.13. The SMILES string of the molecule is O=[N+]([O-])c1ccc(-c2nc3ccccn3c2NC2CCCCC2)o1. The second kappa shape index (κ2) is 5.99. The van der Waals surface area contributed by atoms with Crippen LogP contribution in [0.4, 0.5) is 11.7 Å². The van der Waals surface area contributed by atoms with Gasteiger partial charge in [-0.15, -0.1) is 0 Å². The molecule has 1 fully saturated rings. The maximum atomic E-state index is 10.9. The van der Waals surface area contributed by atoms with E-state index in [-0.39, 0.29) is 5.88 Å². The van der Waals surface area contributed by atoms with Crippen LogP contribution in [0.5, 0.6) is 0 Å². The number of hydrogen-bond donors (Lipinski definition) is 1. The van der Waals surface area contributed by atoms with Crippen LogP contribution in [0.3, 0.4) is 0 Å². The number of imidazole rings is 1. The first-order valence-corrected chi connectivity index (χ1v) is 8.20. The average molecular weight is 326 g/mol. The molecular formula is C17H18N4O3. The van der Waals surface area contributed by atoms with Gasteiger partial charge < -0.3 is 9.73 Å². The van der Waals surface area contributed by atoms with Crippen LogP contribution < -0.4 is 5.32 Å². The van der Waals surface area contributed by atoms with Crippen LogP contribution in [0.25, 0.3) is 17.1 Å². The summed E-state index contributed by atoms with van der Waals surface area (Å²) in [5.74, 6) is 0.969. The number of pyridine rings is 1. The lowest BCUT2D eigenvalue weighted by Crippen LogP contribution is -2.23. The summed E-state index contributed by atoms with van der Waals surface area (Å²) in [7, 11) is 0. The molecule has 1 saturated carbocycles. The third kappa shape index (κ3) is 2.62. The standard InChI is InChI=1S/C17H18N4O3/c22-21(23)15-10-9-13(24-15)16-17(18-12-6-2-1-3-7-12)20-11-5-4-8-14(20)19-16/h4-5,8-12,18H,1-3,6-7H2. The first-order valence-electron chi connectivity index (χ1n) is 8.20. The Morgan fingerprint density at radius 3 is 2.79 bits per heavy atom. The van der Waals surface area contributed by atoms with Crippen molar-refractivity contribution in [3.05, 3.63) is 46.6 Å². The highest BCUT2D eigenvalue weighted by molar-refractivity contribution is 5.74. The average Bonchev–Trinajstić information content (AvgIpc) is 3.21. The zero-order chi connectivity index (χ0) is 16.5. The first kappa shape index (κ1) is 14.7. The quantitative estimate of drug-likeness (QED) is 0.572. The van der Waals surface area contributed by atoms with Crippen molar-refractivity contribution in [3.8, 4) is 11.5 Å². The van der Waals surface area contributed by atoms with Gasteiger partial charge in [-0.2, -0.15) is 0 Å². The molecule has 3 heterocycles. The van der Waals surface area contributed by atoms with Gasteiger partial charge in [-0.3, -0.25) is 14.5 Å². The molecule has 0 spiro atoms. The summed E-state index contributed by atoms with van der Waals surface area (Å²) in [5, 5.41) is 14.5. The fraction of sp³-hybridized carbons (Fsp3) is 0.353. The molecular weight excluding hydrogens is 308 g/mol. The normalized spacial score (nSPS) is 15.7. The van der Waals surface area contributed by atoms with Crippen molar-refractivity contribution in [3.63, 3.8) is 0 Å². The minimum Gasteiger partial charge on any atom is -0.399 e. The fourth-order valence-corrected chi connectivity index (χ4v) is 3.30. The van der Waals surface area contributed by atoms with Gasteiger partial charge >= 0.3 is 5.88 Å². The molecule has 0 radical (unpaired) electrons. The molecule has 0 unspecified atom stereocenters. The van der Waals surface area contributed by atoms with Crippen molar-refractivity contribution < 1.29 is 9.34 Å². The molecule has 7 heteroatoms. The molecule has 0 aliphatic heterocycles. The Bertz CT molecular complexity index is 877. The molecule has 1 aliphatic carbocycles. The van der Waals surface area contributed by atoms with Gasteiger partial charge in [0.05, 0.1) is 6.07 Å². The van der Waals surface area contributed by atoms with E-state index >= 15 is 0 Å². The molecule has 0 saturated heterocycles. The number of aromatic nitrogens is 2. The summed E-state index contributed by atoms with van der Waals surface area (Å²) in [6.07, 6.45) is 7.90. The van der Waals surface area contributed by atoms with E-state index in [4.69, 9.17) is 4.42 Å². The lowest BCUT2D eigenvalue weighted by Gasteiger charge is -2.23. The summed E-state index contributed by atoms with van der Waals surface area (Å²) >= 11 is 0. The van der Waals surface area contributed by atoms with Crippen LogP contribution in [0.15, 0.2) is 40.9 Å². The number of fused-ring (bicyclic) bond motifs is 1. The Balaban J connectivity index is 1.78. The molecule has 24 heavy (non-hydrogen) atoms. The summed E-state index contributed by atoms with van der Waals surface area (Å²) < 4.78 is 7.35. The van der Waals surface area contributed by atoms with E-state index in [1.807, 2.05) is 28.8 Å². The van der Waals surface area contributed by atoms with E-state index < -0.39 is 4.92 Å². The number of anilines is 1. The molecule has 3 aromatic heterocycles. The fourth-order valence-electron chi connectivity index (χ4n) is 3.30. The van der Waals surface area contributed by atoms with Gasteiger partial charge in [0.2, 0.25) is 0 Å². The Morgan fingerprint density at radius 2 is 2.04 bits per heavy atom. The number of hydrogen-bond acceptors (Lipinski definition) is 5. The van der Waals surface area contributed by atoms with E-state index in [0.29, 0.717) is 17.5 Å². The Labute approximate surface area is 138 Å². The third-order valence-corrected chi connectivity index (χ3v) is 4.48. The Morgan fingerprint density at radius 1 is 1.21 bits per heavy atom. The summed E-state index contributed by atoms with van der Waals surface area (Å²) in [4.78, 5) is 15.0. The summed E-state index contributed by atoms with van der Waals surface area (Å²) in [5.41, 5.74) is 1.39. The van der Waals surface area contributed by atoms with Gasteiger partial charge in [-0.1, -0.05) is 25.3 Å². The monoisotopic (exact) mass is 326 g/mol. The van der Waals surface area contributed by atoms with Crippen LogP contribution in [0.2, 0.25) is 0 Å². The van der Waals surface area contributed by atoms with Crippen molar-refractivity contribution in [2.75, 3.05) is 5.32 Å². The predicted octanol–water partition coefficient (Wildman–Crippen LogP) is 4.25. The second-order valence-corrected chi connectivity index (χ2v) is 6.11. The molecule has 0 atom stereocenters. The summed E-state index contributed by atoms with van der Waals surface area (Å²) in [6.45, 7) is 0. The molecule has 0 bridgehead atoms. The lowest BCUT2D eigenvalue weighted by atomic mass is 9.95. The van der Waals surface area contributed by atoms with Gasteiger partial charge in [0.15, 0.2) is 5.76 Å². The molecule has 3 aromatic rings. The Kier molecular flexibility index (Phi) is 3.68. The van der Waals surface area contributed by atoms with Crippen molar-refractivity contribution in [2.24, 2.45) is 0 Å². The number of nitro groups is 1. The van der Waals surface area contributed by atoms with Crippen LogP contribution in [-0.4, -0.2) is 20.3 Å². The van der Waals surface area contributed by atoms with Gasteiger partial charge in [-0.25, -0.2) is 4.98 Å². The zero-order valence-corrected chi connectivity index (χ0v) is 13.1. The molecule has 0 aromatic carbocycles. The molecule has 7 nitrogen and oxygen atoms in total. The maximum absolute atomic E-state index is 10.9. The predicted molar refractivity (Wildman–Crippen MR) is 90.0 cm³/mol. The number of nitrogens with one attached hydrogen (secondary N) is 1. The van der Waals surface area contributed by atoms with Crippen molar-refractivity contribution in [1.29, 1.82) is 0 Å². The molecule has 0 amide bonds. The van der Waals surface area contributed by atoms with Gasteiger partial charge in [0.1, 0.15) is 22.1 Å². The van der Waals surface area contributed by atoms with Crippen LogP contribution in [0.1, 0.15) is 32.1 Å². The first-order chi connectivity index (χ1) is 11.7. The second-order valence-electron chi connectivity index (χ2n) is 6.11. The van der Waals surface area contributed by atoms with E-state index in [0.717, 1.165) is 24.3 Å². The Hall–Kier alpha value is -2.83. The largest absolute Gasteiger partial charge is 0.433 e. The van der Waals surface area contributed by atoms with Gasteiger partial charge in [0.25, 0.3) is 0 Å². The van der Waals surface area contributed by atoms with E-state index in [2.05, 4.69) is 10.3 Å². The van der Waals surface area contributed by atoms with Crippen LogP contribution >= 0.6 is 0 Å². The topological polar surface area (TPSA) is 85.6 Å². The minimum atomic E-state index is -0.534. The van der Waals surface area contributed by atoms with E-state index in [1.165, 1.54) is 25.3 Å². The number of rotatable bonds is 4. The smallest absolute Gasteiger partial charge is 0.399 e. The van der Waals surface area contributed by atoms with Gasteiger partial charge in [0, 0.05) is 12.2 Å². The van der Waals surface area contributed by atoms with Crippen molar-refractivity contribution >= 4 is 17.3 Å². The van der Waals surface area contributed by atoms with Crippen molar-refractivity contribution in [1.82, 2.24) is 9.38 Å². The van der Waals surface area contributed by atoms with E-state index in [1.54, 1.807) is 6.07 Å².